The monoisotopic (exact) mass is 452 g/mol. The molecule has 1 aromatic heterocycles. The first kappa shape index (κ1) is 18.6. The van der Waals surface area contributed by atoms with E-state index in [1.165, 1.54) is 0 Å². The van der Waals surface area contributed by atoms with Gasteiger partial charge in [0.25, 0.3) is 5.69 Å². The molecule has 1 amide bonds. The number of rotatable bonds is 4. The van der Waals surface area contributed by atoms with Crippen LogP contribution in [0.3, 0.4) is 0 Å². The second-order valence-electron chi connectivity index (χ2n) is 6.11. The number of furan rings is 1. The van der Waals surface area contributed by atoms with Crippen molar-refractivity contribution in [2.24, 2.45) is 5.10 Å². The average molecular weight is 453 g/mol. The van der Waals surface area contributed by atoms with Crippen LogP contribution in [0.25, 0.3) is 21.7 Å². The number of nitrogens with zero attached hydrogens (tertiary/aromatic N) is 2. The highest BCUT2D eigenvalue weighted by Gasteiger charge is 2.14. The molecule has 0 aliphatic carbocycles. The van der Waals surface area contributed by atoms with Gasteiger partial charge < -0.3 is 9.52 Å². The summed E-state index contributed by atoms with van der Waals surface area (Å²) in [6.45, 7) is 0. The summed E-state index contributed by atoms with van der Waals surface area (Å²) in [4.78, 5) is 22.6. The van der Waals surface area contributed by atoms with Gasteiger partial charge in [-0.05, 0) is 28.5 Å². The number of carbonyl (C=O) groups is 1. The Morgan fingerprint density at radius 1 is 1.14 bits per heavy atom. The minimum absolute atomic E-state index is 0.0311. The van der Waals surface area contributed by atoms with Gasteiger partial charge in [-0.15, -0.1) is 0 Å². The lowest BCUT2D eigenvalue weighted by Crippen LogP contribution is -2.17. The maximum atomic E-state index is 12.4. The van der Waals surface area contributed by atoms with Crippen LogP contribution >= 0.6 is 15.9 Å². The van der Waals surface area contributed by atoms with Gasteiger partial charge in [0.2, 0.25) is 0 Å². The molecule has 4 aromatic rings. The minimum atomic E-state index is -0.626. The number of hydrazone groups is 1. The Labute approximate surface area is 171 Å². The highest BCUT2D eigenvalue weighted by Crippen LogP contribution is 2.30. The van der Waals surface area contributed by atoms with Crippen LogP contribution in [0, 0.1) is 10.1 Å². The zero-order valence-corrected chi connectivity index (χ0v) is 16.2. The number of halogens is 1. The van der Waals surface area contributed by atoms with Crippen LogP contribution in [-0.2, 0) is 0 Å². The fourth-order valence-electron chi connectivity index (χ4n) is 2.92. The number of non-ortho nitro benzene ring substituents is 1. The number of nitro groups is 1. The number of carbonyl (C=O) groups excluding carboxylic acids is 1. The van der Waals surface area contributed by atoms with E-state index in [0.717, 1.165) is 34.5 Å². The molecule has 9 heteroatoms. The Morgan fingerprint density at radius 3 is 2.72 bits per heavy atom. The maximum Gasteiger partial charge on any atom is 0.307 e. The van der Waals surface area contributed by atoms with Crippen molar-refractivity contribution < 1.29 is 19.2 Å². The van der Waals surface area contributed by atoms with Crippen molar-refractivity contribution in [1.82, 2.24) is 5.43 Å². The molecule has 29 heavy (non-hydrogen) atoms. The van der Waals surface area contributed by atoms with E-state index >= 15 is 0 Å². The Morgan fingerprint density at radius 2 is 1.93 bits per heavy atom. The summed E-state index contributed by atoms with van der Waals surface area (Å²) in [7, 11) is 0. The summed E-state index contributed by atoms with van der Waals surface area (Å²) < 4.78 is 5.62. The molecule has 0 aliphatic heterocycles. The molecule has 0 radical (unpaired) electrons. The third-order valence-electron chi connectivity index (χ3n) is 4.29. The van der Waals surface area contributed by atoms with Gasteiger partial charge in [-0.3, -0.25) is 14.9 Å². The van der Waals surface area contributed by atoms with Crippen molar-refractivity contribution in [3.63, 3.8) is 0 Å². The van der Waals surface area contributed by atoms with Gasteiger partial charge in [0.1, 0.15) is 5.58 Å². The van der Waals surface area contributed by atoms with Crippen molar-refractivity contribution in [2.75, 3.05) is 0 Å². The molecule has 1 N–H and O–H groups in total. The molecule has 0 saturated heterocycles. The van der Waals surface area contributed by atoms with Crippen molar-refractivity contribution in [3.05, 3.63) is 80.5 Å². The summed E-state index contributed by atoms with van der Waals surface area (Å²) in [6.07, 6.45) is 1.05. The summed E-state index contributed by atoms with van der Waals surface area (Å²) in [5.74, 6) is -1.04. The summed E-state index contributed by atoms with van der Waals surface area (Å²) in [5.41, 5.74) is 2.51. The van der Waals surface area contributed by atoms with Gasteiger partial charge in [0.05, 0.1) is 11.1 Å². The normalized spacial score (nSPS) is 11.3. The van der Waals surface area contributed by atoms with Gasteiger partial charge >= 0.3 is 5.91 Å². The zero-order chi connectivity index (χ0) is 20.5. The van der Waals surface area contributed by atoms with Gasteiger partial charge in [-0.25, -0.2) is 5.43 Å². The molecule has 0 saturated carbocycles. The first-order chi connectivity index (χ1) is 13.9. The molecule has 0 bridgehead atoms. The smallest absolute Gasteiger partial charge is 0.307 e. The molecule has 1 heterocycles. The molecule has 0 fully saturated rings. The van der Waals surface area contributed by atoms with Crippen LogP contribution < -0.4 is 10.5 Å². The van der Waals surface area contributed by atoms with E-state index in [1.807, 2.05) is 30.3 Å². The van der Waals surface area contributed by atoms with E-state index in [0.29, 0.717) is 5.58 Å². The third kappa shape index (κ3) is 3.55. The summed E-state index contributed by atoms with van der Waals surface area (Å²) in [6, 6.07) is 15.2. The summed E-state index contributed by atoms with van der Waals surface area (Å²) in [5, 5.41) is 29.4. The number of fused-ring (bicyclic) bond motifs is 3. The SMILES string of the molecule is O=C(N/N=C/c1cc([N+](=O)[O-])cc(Br)c1[O-])c1cc2c(ccc3ccccc32)o1. The largest absolute Gasteiger partial charge is 0.871 e. The van der Waals surface area contributed by atoms with Crippen LogP contribution in [0.5, 0.6) is 5.75 Å². The first-order valence-corrected chi connectivity index (χ1v) is 9.13. The number of nitrogens with one attached hydrogen (secondary N) is 1. The molecule has 144 valence electrons. The van der Waals surface area contributed by atoms with E-state index < -0.39 is 16.6 Å². The van der Waals surface area contributed by atoms with E-state index in [9.17, 15) is 20.0 Å². The van der Waals surface area contributed by atoms with Crippen LogP contribution in [0.2, 0.25) is 0 Å². The Hall–Kier alpha value is -3.72. The van der Waals surface area contributed by atoms with Crippen molar-refractivity contribution in [3.8, 4) is 5.75 Å². The van der Waals surface area contributed by atoms with Crippen LogP contribution in [0.15, 0.2) is 68.6 Å². The van der Waals surface area contributed by atoms with Gasteiger partial charge in [0.15, 0.2) is 5.76 Å². The van der Waals surface area contributed by atoms with E-state index in [4.69, 9.17) is 4.42 Å². The second-order valence-corrected chi connectivity index (χ2v) is 6.97. The van der Waals surface area contributed by atoms with Gasteiger partial charge in [-0.2, -0.15) is 5.10 Å². The summed E-state index contributed by atoms with van der Waals surface area (Å²) >= 11 is 2.98. The third-order valence-corrected chi connectivity index (χ3v) is 4.88. The molecule has 3 aromatic carbocycles. The molecule has 0 spiro atoms. The van der Waals surface area contributed by atoms with E-state index in [1.54, 1.807) is 12.1 Å². The lowest BCUT2D eigenvalue weighted by Gasteiger charge is -2.11. The van der Waals surface area contributed by atoms with Crippen molar-refractivity contribution >= 4 is 55.5 Å². The fraction of sp³-hybridized carbons (Fsp3) is 0. The Kier molecular flexibility index (Phi) is 4.73. The van der Waals surface area contributed by atoms with Gasteiger partial charge in [-0.1, -0.05) is 52.0 Å². The highest BCUT2D eigenvalue weighted by molar-refractivity contribution is 9.10. The number of hydrogen-bond donors (Lipinski definition) is 1. The molecule has 4 rings (SSSR count). The molecular formula is C20H11BrN3O5-. The van der Waals surface area contributed by atoms with E-state index in [-0.39, 0.29) is 21.5 Å². The minimum Gasteiger partial charge on any atom is -0.871 e. The number of hydrogen-bond acceptors (Lipinski definition) is 6. The lowest BCUT2D eigenvalue weighted by atomic mass is 10.1. The predicted octanol–water partition coefficient (Wildman–Crippen LogP) is 4.09. The Balaban J connectivity index is 1.59. The fourth-order valence-corrected chi connectivity index (χ4v) is 3.38. The Bertz CT molecular complexity index is 1310. The zero-order valence-electron chi connectivity index (χ0n) is 14.6. The van der Waals surface area contributed by atoms with Crippen molar-refractivity contribution in [2.45, 2.75) is 0 Å². The first-order valence-electron chi connectivity index (χ1n) is 8.33. The second kappa shape index (κ2) is 7.36. The number of amides is 1. The topological polar surface area (TPSA) is 121 Å². The predicted molar refractivity (Wildman–Crippen MR) is 109 cm³/mol. The number of nitro benzene ring substituents is 1. The molecule has 0 aliphatic rings. The molecule has 0 atom stereocenters. The number of benzene rings is 3. The highest BCUT2D eigenvalue weighted by atomic mass is 79.9. The van der Waals surface area contributed by atoms with E-state index in [2.05, 4.69) is 26.5 Å². The molecule has 0 unspecified atom stereocenters. The van der Waals surface area contributed by atoms with Gasteiger partial charge in [0, 0.05) is 22.0 Å². The molecular weight excluding hydrogens is 442 g/mol. The average Bonchev–Trinajstić information content (AvgIpc) is 3.15. The maximum absolute atomic E-state index is 12.4. The lowest BCUT2D eigenvalue weighted by molar-refractivity contribution is -0.385. The quantitative estimate of drug-likeness (QED) is 0.283. The van der Waals surface area contributed by atoms with Crippen LogP contribution in [-0.4, -0.2) is 17.0 Å². The van der Waals surface area contributed by atoms with Crippen molar-refractivity contribution in [1.29, 1.82) is 0 Å². The molecule has 8 nitrogen and oxygen atoms in total. The van der Waals surface area contributed by atoms with Crippen LogP contribution in [0.1, 0.15) is 16.1 Å². The van der Waals surface area contributed by atoms with Crippen LogP contribution in [0.4, 0.5) is 5.69 Å². The standard InChI is InChI=1S/C20H12BrN3O5/c21-16-8-13(24(27)28)7-12(19(16)25)10-22-23-20(26)18-9-15-14-4-2-1-3-11(14)5-6-17(15)29-18/h1-10,25H,(H,23,26)/p-1/b22-10+.